The standard InChI is InChI=1S/C14H20FNO3/c1-3-14(16,13(17)18)7-4-8-19-11-6-5-10(2)12(15)9-11/h5-6,9H,3-4,7-8,16H2,1-2H3,(H,17,18). The maximum absolute atomic E-state index is 13.3. The van der Waals surface area contributed by atoms with E-state index in [1.807, 2.05) is 0 Å². The molecule has 0 saturated carbocycles. The predicted octanol–water partition coefficient (Wildman–Crippen LogP) is 2.49. The lowest BCUT2D eigenvalue weighted by Crippen LogP contribution is -2.47. The first-order chi connectivity index (χ1) is 8.89. The van der Waals surface area contributed by atoms with Crippen molar-refractivity contribution < 1.29 is 19.0 Å². The number of hydrogen-bond acceptors (Lipinski definition) is 3. The Morgan fingerprint density at radius 3 is 2.74 bits per heavy atom. The molecule has 1 aromatic rings. The van der Waals surface area contributed by atoms with E-state index in [1.54, 1.807) is 26.0 Å². The number of hydrogen-bond donors (Lipinski definition) is 2. The van der Waals surface area contributed by atoms with Crippen LogP contribution in [0.4, 0.5) is 4.39 Å². The van der Waals surface area contributed by atoms with Crippen molar-refractivity contribution in [2.45, 2.75) is 38.6 Å². The molecule has 0 radical (unpaired) electrons. The number of carboxylic acids is 1. The van der Waals surface area contributed by atoms with Crippen LogP contribution in [-0.2, 0) is 4.79 Å². The molecule has 19 heavy (non-hydrogen) atoms. The van der Waals surface area contributed by atoms with E-state index in [0.29, 0.717) is 37.2 Å². The summed E-state index contributed by atoms with van der Waals surface area (Å²) < 4.78 is 18.6. The monoisotopic (exact) mass is 269 g/mol. The van der Waals surface area contributed by atoms with Gasteiger partial charge in [-0.1, -0.05) is 13.0 Å². The molecule has 106 valence electrons. The Morgan fingerprint density at radius 2 is 2.21 bits per heavy atom. The summed E-state index contributed by atoms with van der Waals surface area (Å²) in [6.07, 6.45) is 1.20. The lowest BCUT2D eigenvalue weighted by Gasteiger charge is -2.22. The molecule has 0 aromatic heterocycles. The summed E-state index contributed by atoms with van der Waals surface area (Å²) in [5, 5.41) is 9.00. The average Bonchev–Trinajstić information content (AvgIpc) is 2.38. The second-order valence-electron chi connectivity index (χ2n) is 4.68. The van der Waals surface area contributed by atoms with Gasteiger partial charge in [0.1, 0.15) is 17.1 Å². The minimum atomic E-state index is -1.21. The molecule has 0 fully saturated rings. The number of ether oxygens (including phenoxy) is 1. The first kappa shape index (κ1) is 15.4. The van der Waals surface area contributed by atoms with E-state index in [-0.39, 0.29) is 5.82 Å². The first-order valence-corrected chi connectivity index (χ1v) is 6.30. The van der Waals surface area contributed by atoms with Gasteiger partial charge in [-0.2, -0.15) is 0 Å². The molecule has 0 aliphatic rings. The number of rotatable bonds is 7. The van der Waals surface area contributed by atoms with E-state index in [9.17, 15) is 9.18 Å². The summed E-state index contributed by atoms with van der Waals surface area (Å²) in [5.41, 5.74) is 5.10. The molecular weight excluding hydrogens is 249 g/mol. The van der Waals surface area contributed by atoms with Crippen LogP contribution in [0, 0.1) is 12.7 Å². The van der Waals surface area contributed by atoms with Crippen LogP contribution < -0.4 is 10.5 Å². The minimum absolute atomic E-state index is 0.314. The Balaban J connectivity index is 2.42. The third-order valence-electron chi connectivity index (χ3n) is 3.24. The van der Waals surface area contributed by atoms with Crippen molar-refractivity contribution in [3.05, 3.63) is 29.6 Å². The van der Waals surface area contributed by atoms with Gasteiger partial charge in [-0.15, -0.1) is 0 Å². The molecule has 1 atom stereocenters. The van der Waals surface area contributed by atoms with Gasteiger partial charge in [0.25, 0.3) is 0 Å². The third kappa shape index (κ3) is 4.21. The maximum atomic E-state index is 13.3. The number of carboxylic acid groups (broad SMARTS) is 1. The van der Waals surface area contributed by atoms with Gasteiger partial charge in [0.05, 0.1) is 6.61 Å². The Morgan fingerprint density at radius 1 is 1.53 bits per heavy atom. The third-order valence-corrected chi connectivity index (χ3v) is 3.24. The topological polar surface area (TPSA) is 72.5 Å². The predicted molar refractivity (Wildman–Crippen MR) is 70.7 cm³/mol. The van der Waals surface area contributed by atoms with E-state index < -0.39 is 11.5 Å². The zero-order chi connectivity index (χ0) is 14.5. The summed E-state index contributed by atoms with van der Waals surface area (Å²) in [4.78, 5) is 11.0. The van der Waals surface area contributed by atoms with Crippen molar-refractivity contribution in [2.24, 2.45) is 5.73 Å². The number of aliphatic carboxylic acids is 1. The molecule has 4 nitrogen and oxygen atoms in total. The summed E-state index contributed by atoms with van der Waals surface area (Å²) in [7, 11) is 0. The summed E-state index contributed by atoms with van der Waals surface area (Å²) in [6.45, 7) is 3.73. The van der Waals surface area contributed by atoms with Crippen LogP contribution in [0.3, 0.4) is 0 Å². The van der Waals surface area contributed by atoms with Gasteiger partial charge < -0.3 is 15.6 Å². The summed E-state index contributed by atoms with van der Waals surface area (Å²) >= 11 is 0. The smallest absolute Gasteiger partial charge is 0.323 e. The van der Waals surface area contributed by atoms with Crippen molar-refractivity contribution in [1.82, 2.24) is 0 Å². The Hall–Kier alpha value is -1.62. The van der Waals surface area contributed by atoms with E-state index in [0.717, 1.165) is 0 Å². The fraction of sp³-hybridized carbons (Fsp3) is 0.500. The van der Waals surface area contributed by atoms with Crippen LogP contribution in [0.5, 0.6) is 5.75 Å². The van der Waals surface area contributed by atoms with Crippen LogP contribution in [-0.4, -0.2) is 23.2 Å². The number of nitrogens with two attached hydrogens (primary N) is 1. The van der Waals surface area contributed by atoms with Crippen molar-refractivity contribution in [2.75, 3.05) is 6.61 Å². The highest BCUT2D eigenvalue weighted by atomic mass is 19.1. The highest BCUT2D eigenvalue weighted by Gasteiger charge is 2.30. The van der Waals surface area contributed by atoms with Gasteiger partial charge in [-0.25, -0.2) is 4.39 Å². The van der Waals surface area contributed by atoms with Gasteiger partial charge in [0.15, 0.2) is 0 Å². The Bertz CT molecular complexity index is 450. The average molecular weight is 269 g/mol. The van der Waals surface area contributed by atoms with Crippen LogP contribution in [0.15, 0.2) is 18.2 Å². The molecule has 0 heterocycles. The van der Waals surface area contributed by atoms with E-state index in [4.69, 9.17) is 15.6 Å². The van der Waals surface area contributed by atoms with E-state index >= 15 is 0 Å². The lowest BCUT2D eigenvalue weighted by molar-refractivity contribution is -0.143. The zero-order valence-electron chi connectivity index (χ0n) is 11.3. The molecule has 0 saturated heterocycles. The number of benzene rings is 1. The first-order valence-electron chi connectivity index (χ1n) is 6.30. The molecular formula is C14H20FNO3. The molecule has 3 N–H and O–H groups in total. The molecule has 0 bridgehead atoms. The normalized spacial score (nSPS) is 13.9. The fourth-order valence-corrected chi connectivity index (χ4v) is 1.68. The summed E-state index contributed by atoms with van der Waals surface area (Å²) in [5.74, 6) is -0.876. The summed E-state index contributed by atoms with van der Waals surface area (Å²) in [6, 6.07) is 4.65. The maximum Gasteiger partial charge on any atom is 0.323 e. The number of halogens is 1. The van der Waals surface area contributed by atoms with Gasteiger partial charge in [0, 0.05) is 6.07 Å². The highest BCUT2D eigenvalue weighted by molar-refractivity contribution is 5.78. The molecule has 0 aliphatic carbocycles. The quantitative estimate of drug-likeness (QED) is 0.746. The molecule has 0 amide bonds. The minimum Gasteiger partial charge on any atom is -0.493 e. The van der Waals surface area contributed by atoms with Gasteiger partial charge in [0.2, 0.25) is 0 Å². The fourth-order valence-electron chi connectivity index (χ4n) is 1.68. The van der Waals surface area contributed by atoms with Crippen LogP contribution in [0.1, 0.15) is 31.7 Å². The van der Waals surface area contributed by atoms with Crippen molar-refractivity contribution in [3.63, 3.8) is 0 Å². The molecule has 1 aromatic carbocycles. The SMILES string of the molecule is CCC(N)(CCCOc1ccc(C)c(F)c1)C(=O)O. The Labute approximate surface area is 112 Å². The second-order valence-corrected chi connectivity index (χ2v) is 4.68. The molecule has 5 heteroatoms. The largest absolute Gasteiger partial charge is 0.493 e. The van der Waals surface area contributed by atoms with Gasteiger partial charge in [-0.05, 0) is 37.8 Å². The zero-order valence-corrected chi connectivity index (χ0v) is 11.3. The van der Waals surface area contributed by atoms with Crippen LogP contribution in [0.25, 0.3) is 0 Å². The van der Waals surface area contributed by atoms with Gasteiger partial charge in [-0.3, -0.25) is 4.79 Å². The highest BCUT2D eigenvalue weighted by Crippen LogP contribution is 2.18. The van der Waals surface area contributed by atoms with E-state index in [2.05, 4.69) is 0 Å². The van der Waals surface area contributed by atoms with Crippen LogP contribution >= 0.6 is 0 Å². The van der Waals surface area contributed by atoms with Crippen LogP contribution in [0.2, 0.25) is 0 Å². The van der Waals surface area contributed by atoms with Crippen molar-refractivity contribution >= 4 is 5.97 Å². The van der Waals surface area contributed by atoms with Crippen molar-refractivity contribution in [3.8, 4) is 5.75 Å². The Kier molecular flexibility index (Phi) is 5.30. The molecule has 1 rings (SSSR count). The molecule has 0 aliphatic heterocycles. The van der Waals surface area contributed by atoms with Crippen molar-refractivity contribution in [1.29, 1.82) is 0 Å². The van der Waals surface area contributed by atoms with Gasteiger partial charge >= 0.3 is 5.97 Å². The number of aryl methyl sites for hydroxylation is 1. The number of carbonyl (C=O) groups is 1. The lowest BCUT2D eigenvalue weighted by atomic mass is 9.92. The molecule has 0 spiro atoms. The second kappa shape index (κ2) is 6.52. The molecule has 1 unspecified atom stereocenters. The van der Waals surface area contributed by atoms with E-state index in [1.165, 1.54) is 6.07 Å².